The molecule has 0 saturated carbocycles. The molecule has 104 valence electrons. The van der Waals surface area contributed by atoms with Crippen molar-refractivity contribution in [1.82, 2.24) is 0 Å². The molecule has 0 atom stereocenters. The topological polar surface area (TPSA) is 72.6 Å². The molecule has 0 fully saturated rings. The molecular weight excluding hydrogens is 256 g/mol. The highest BCUT2D eigenvalue weighted by atomic mass is 16.5. The summed E-state index contributed by atoms with van der Waals surface area (Å²) in [5.74, 6) is 0.729. The van der Waals surface area contributed by atoms with Crippen molar-refractivity contribution in [2.24, 2.45) is 5.73 Å². The maximum absolute atomic E-state index is 11.8. The summed E-state index contributed by atoms with van der Waals surface area (Å²) in [6.45, 7) is 3.37. The molecule has 0 aromatic heterocycles. The van der Waals surface area contributed by atoms with Gasteiger partial charge in [-0.25, -0.2) is 0 Å². The molecule has 0 radical (unpaired) electrons. The van der Waals surface area contributed by atoms with Crippen molar-refractivity contribution in [1.29, 1.82) is 0 Å². The quantitative estimate of drug-likeness (QED) is 0.825. The Morgan fingerprint density at radius 2 is 2.10 bits per heavy atom. The van der Waals surface area contributed by atoms with E-state index in [1.165, 1.54) is 0 Å². The Bertz CT molecular complexity index is 729. The second-order valence-electron chi connectivity index (χ2n) is 4.99. The largest absolute Gasteiger partial charge is 0.491 e. The van der Waals surface area contributed by atoms with E-state index in [1.807, 2.05) is 23.1 Å². The average Bonchev–Trinajstić information content (AvgIpc) is 2.69. The Morgan fingerprint density at radius 3 is 2.80 bits per heavy atom. The van der Waals surface area contributed by atoms with Crippen LogP contribution in [0.25, 0.3) is 0 Å². The minimum atomic E-state index is -0.409. The Morgan fingerprint density at radius 1 is 1.30 bits per heavy atom. The summed E-state index contributed by atoms with van der Waals surface area (Å²) >= 11 is 0. The Kier molecular flexibility index (Phi) is 3.06. The summed E-state index contributed by atoms with van der Waals surface area (Å²) in [6.07, 6.45) is 0.797. The number of rotatable bonds is 2. The van der Waals surface area contributed by atoms with Crippen LogP contribution in [-0.2, 0) is 6.54 Å². The number of ether oxygens (including phenoxy) is 1. The second kappa shape index (κ2) is 4.76. The number of fused-ring (bicyclic) bond motifs is 1. The molecule has 1 aliphatic rings. The maximum atomic E-state index is 11.8. The van der Waals surface area contributed by atoms with Crippen LogP contribution in [0.2, 0.25) is 0 Å². The molecule has 0 unspecified atom stereocenters. The van der Waals surface area contributed by atoms with Crippen LogP contribution in [0.4, 0.5) is 11.4 Å². The molecule has 1 aliphatic heterocycles. The van der Waals surface area contributed by atoms with Gasteiger partial charge in [-0.1, -0.05) is 6.07 Å². The van der Waals surface area contributed by atoms with Gasteiger partial charge in [0.1, 0.15) is 11.4 Å². The zero-order valence-corrected chi connectivity index (χ0v) is 11.3. The van der Waals surface area contributed by atoms with Gasteiger partial charge in [-0.2, -0.15) is 0 Å². The van der Waals surface area contributed by atoms with E-state index in [9.17, 15) is 9.59 Å². The molecular formula is C15H16N2O3. The minimum Gasteiger partial charge on any atom is -0.491 e. The summed E-state index contributed by atoms with van der Waals surface area (Å²) < 4.78 is 5.69. The van der Waals surface area contributed by atoms with Gasteiger partial charge < -0.3 is 15.4 Å². The summed E-state index contributed by atoms with van der Waals surface area (Å²) in [4.78, 5) is 25.2. The van der Waals surface area contributed by atoms with E-state index < -0.39 is 5.43 Å². The van der Waals surface area contributed by atoms with Crippen LogP contribution >= 0.6 is 0 Å². The van der Waals surface area contributed by atoms with E-state index >= 15 is 0 Å². The number of anilines is 2. The zero-order valence-electron chi connectivity index (χ0n) is 11.3. The van der Waals surface area contributed by atoms with Gasteiger partial charge in [0.25, 0.3) is 0 Å². The standard InChI is InChI=1S/C15H16N2O3/c1-9-13(15(19)14(9)18)17-5-2-6-20-12-4-3-10(8-16)7-11(12)17/h3-4,7H,2,5-6,8,16H2,1H3. The van der Waals surface area contributed by atoms with E-state index in [4.69, 9.17) is 10.5 Å². The number of hydrogen-bond acceptors (Lipinski definition) is 5. The maximum Gasteiger partial charge on any atom is 0.249 e. The molecule has 2 N–H and O–H groups in total. The van der Waals surface area contributed by atoms with Gasteiger partial charge in [0.15, 0.2) is 0 Å². The molecule has 0 aliphatic carbocycles. The van der Waals surface area contributed by atoms with Crippen LogP contribution in [0, 0.1) is 6.92 Å². The number of nitrogens with zero attached hydrogens (tertiary/aromatic N) is 1. The monoisotopic (exact) mass is 272 g/mol. The lowest BCUT2D eigenvalue weighted by molar-refractivity contribution is 0.322. The van der Waals surface area contributed by atoms with E-state index in [0.29, 0.717) is 30.9 Å². The summed E-state index contributed by atoms with van der Waals surface area (Å²) in [5.41, 5.74) is 7.69. The predicted octanol–water partition coefficient (Wildman–Crippen LogP) is 0.970. The van der Waals surface area contributed by atoms with Crippen molar-refractivity contribution in [2.75, 3.05) is 18.1 Å². The molecule has 0 amide bonds. The van der Waals surface area contributed by atoms with Gasteiger partial charge in [-0.05, 0) is 31.0 Å². The molecule has 20 heavy (non-hydrogen) atoms. The third kappa shape index (κ3) is 1.82. The third-order valence-electron chi connectivity index (χ3n) is 3.72. The van der Waals surface area contributed by atoms with Crippen molar-refractivity contribution in [2.45, 2.75) is 19.9 Å². The van der Waals surface area contributed by atoms with Gasteiger partial charge in [-0.15, -0.1) is 0 Å². The van der Waals surface area contributed by atoms with Gasteiger partial charge in [0, 0.05) is 18.7 Å². The highest BCUT2D eigenvalue weighted by Gasteiger charge is 2.27. The Balaban J connectivity index is 2.14. The van der Waals surface area contributed by atoms with Crippen molar-refractivity contribution < 1.29 is 4.74 Å². The molecule has 0 bridgehead atoms. The average molecular weight is 272 g/mol. The lowest BCUT2D eigenvalue weighted by atomic mass is 10.1. The van der Waals surface area contributed by atoms with E-state index in [2.05, 4.69) is 0 Å². The second-order valence-corrected chi connectivity index (χ2v) is 4.99. The van der Waals surface area contributed by atoms with Crippen LogP contribution < -0.4 is 26.2 Å². The molecule has 3 rings (SSSR count). The lowest BCUT2D eigenvalue weighted by Crippen LogP contribution is -2.41. The Labute approximate surface area is 116 Å². The lowest BCUT2D eigenvalue weighted by Gasteiger charge is -2.26. The van der Waals surface area contributed by atoms with E-state index in [1.54, 1.807) is 6.92 Å². The van der Waals surface area contributed by atoms with E-state index in [0.717, 1.165) is 23.4 Å². The molecule has 5 nitrogen and oxygen atoms in total. The first-order valence-corrected chi connectivity index (χ1v) is 6.66. The highest BCUT2D eigenvalue weighted by molar-refractivity contribution is 5.74. The van der Waals surface area contributed by atoms with Crippen LogP contribution in [0.15, 0.2) is 27.8 Å². The number of benzene rings is 1. The van der Waals surface area contributed by atoms with Crippen molar-refractivity contribution in [3.8, 4) is 5.75 Å². The van der Waals surface area contributed by atoms with Crippen molar-refractivity contribution in [3.05, 3.63) is 49.8 Å². The summed E-state index contributed by atoms with van der Waals surface area (Å²) in [5, 5.41) is 0. The minimum absolute atomic E-state index is 0.387. The SMILES string of the molecule is Cc1c(N2CCCOc3ccc(CN)cc32)c(=O)c1=O. The van der Waals surface area contributed by atoms with Crippen LogP contribution in [0.1, 0.15) is 17.5 Å². The molecule has 0 spiro atoms. The number of nitrogens with two attached hydrogens (primary N) is 1. The first-order valence-electron chi connectivity index (χ1n) is 6.66. The van der Waals surface area contributed by atoms with Gasteiger partial charge >= 0.3 is 0 Å². The van der Waals surface area contributed by atoms with Crippen LogP contribution in [0.5, 0.6) is 5.75 Å². The van der Waals surface area contributed by atoms with Gasteiger partial charge in [-0.3, -0.25) is 9.59 Å². The van der Waals surface area contributed by atoms with Crippen molar-refractivity contribution >= 4 is 11.4 Å². The summed E-state index contributed by atoms with van der Waals surface area (Å²) in [7, 11) is 0. The van der Waals surface area contributed by atoms with Gasteiger partial charge in [0.05, 0.1) is 12.3 Å². The predicted molar refractivity (Wildman–Crippen MR) is 77.5 cm³/mol. The fourth-order valence-electron chi connectivity index (χ4n) is 2.60. The zero-order chi connectivity index (χ0) is 14.3. The molecule has 5 heteroatoms. The molecule has 2 aromatic carbocycles. The third-order valence-corrected chi connectivity index (χ3v) is 3.72. The first kappa shape index (κ1) is 12.9. The summed E-state index contributed by atoms with van der Waals surface area (Å²) in [6, 6.07) is 5.71. The van der Waals surface area contributed by atoms with Crippen LogP contribution in [-0.4, -0.2) is 13.2 Å². The number of hydrogen-bond donors (Lipinski definition) is 1. The fraction of sp³-hybridized carbons (Fsp3) is 0.333. The van der Waals surface area contributed by atoms with E-state index in [-0.39, 0.29) is 5.43 Å². The van der Waals surface area contributed by atoms with Crippen LogP contribution in [0.3, 0.4) is 0 Å². The molecule has 0 saturated heterocycles. The normalized spacial score (nSPS) is 14.8. The van der Waals surface area contributed by atoms with Gasteiger partial charge in [0.2, 0.25) is 10.9 Å². The molecule has 1 heterocycles. The molecule has 2 aromatic rings. The fourth-order valence-corrected chi connectivity index (χ4v) is 2.60. The highest BCUT2D eigenvalue weighted by Crippen LogP contribution is 2.36. The first-order chi connectivity index (χ1) is 9.63. The smallest absolute Gasteiger partial charge is 0.249 e. The van der Waals surface area contributed by atoms with Crippen molar-refractivity contribution in [3.63, 3.8) is 0 Å². The Hall–Kier alpha value is -2.14.